The van der Waals surface area contributed by atoms with Gasteiger partial charge in [-0.25, -0.2) is 4.99 Å². The first-order valence-electron chi connectivity index (χ1n) is 10.8. The SMILES string of the molecule is C=Cc1ccc2c(/C=N\C(=C)NCCCC)c(C)n(C3CCCCC3)c(=O)c2c1. The quantitative estimate of drug-likeness (QED) is 0.461. The lowest BCUT2D eigenvalue weighted by Gasteiger charge is -2.27. The minimum absolute atomic E-state index is 0.102. The fraction of sp³-hybridized carbons (Fsp3) is 0.440. The fourth-order valence-corrected chi connectivity index (χ4v) is 4.25. The van der Waals surface area contributed by atoms with Gasteiger partial charge in [0, 0.05) is 35.4 Å². The molecule has 4 heteroatoms. The molecule has 1 N–H and O–H groups in total. The molecule has 3 rings (SSSR count). The maximum atomic E-state index is 13.4. The van der Waals surface area contributed by atoms with Gasteiger partial charge in [-0.1, -0.05) is 64.0 Å². The van der Waals surface area contributed by atoms with Crippen LogP contribution in [0.2, 0.25) is 0 Å². The molecular formula is C25H33N3O. The second-order valence-corrected chi connectivity index (χ2v) is 7.96. The molecule has 0 amide bonds. The Bertz CT molecular complexity index is 978. The zero-order valence-corrected chi connectivity index (χ0v) is 17.8. The summed E-state index contributed by atoms with van der Waals surface area (Å²) in [5, 5.41) is 4.94. The number of rotatable bonds is 8. The van der Waals surface area contributed by atoms with Gasteiger partial charge < -0.3 is 9.88 Å². The first kappa shape index (κ1) is 21.1. The number of hydrogen-bond acceptors (Lipinski definition) is 3. The van der Waals surface area contributed by atoms with Gasteiger partial charge in [0.25, 0.3) is 5.56 Å². The Morgan fingerprint density at radius 1 is 1.28 bits per heavy atom. The smallest absolute Gasteiger partial charge is 0.258 e. The Kier molecular flexibility index (Phi) is 7.08. The molecule has 0 spiro atoms. The number of nitrogens with one attached hydrogen (secondary N) is 1. The third kappa shape index (κ3) is 4.69. The van der Waals surface area contributed by atoms with Crippen LogP contribution in [0.4, 0.5) is 0 Å². The molecule has 154 valence electrons. The molecule has 0 atom stereocenters. The summed E-state index contributed by atoms with van der Waals surface area (Å²) in [5.74, 6) is 0.657. The van der Waals surface area contributed by atoms with Gasteiger partial charge in [-0.3, -0.25) is 4.79 Å². The van der Waals surface area contributed by atoms with Crippen LogP contribution in [-0.2, 0) is 0 Å². The van der Waals surface area contributed by atoms with E-state index in [4.69, 9.17) is 0 Å². The van der Waals surface area contributed by atoms with Gasteiger partial charge in [0.1, 0.15) is 5.82 Å². The summed E-state index contributed by atoms with van der Waals surface area (Å²) in [7, 11) is 0. The molecule has 2 aromatic rings. The van der Waals surface area contributed by atoms with Gasteiger partial charge in [0.05, 0.1) is 0 Å². The molecular weight excluding hydrogens is 358 g/mol. The molecule has 0 unspecified atom stereocenters. The van der Waals surface area contributed by atoms with Gasteiger partial charge in [0.15, 0.2) is 0 Å². The van der Waals surface area contributed by atoms with E-state index in [0.717, 1.165) is 59.8 Å². The zero-order chi connectivity index (χ0) is 20.8. The van der Waals surface area contributed by atoms with Crippen molar-refractivity contribution in [2.24, 2.45) is 4.99 Å². The zero-order valence-electron chi connectivity index (χ0n) is 17.8. The number of pyridine rings is 1. The highest BCUT2D eigenvalue weighted by molar-refractivity contribution is 6.01. The normalized spacial score (nSPS) is 15.1. The molecule has 1 aliphatic rings. The second-order valence-electron chi connectivity index (χ2n) is 7.96. The average molecular weight is 392 g/mol. The summed E-state index contributed by atoms with van der Waals surface area (Å²) >= 11 is 0. The maximum absolute atomic E-state index is 13.4. The Morgan fingerprint density at radius 2 is 2.03 bits per heavy atom. The number of fused-ring (bicyclic) bond motifs is 1. The van der Waals surface area contributed by atoms with Crippen molar-refractivity contribution in [1.82, 2.24) is 9.88 Å². The van der Waals surface area contributed by atoms with E-state index in [1.165, 1.54) is 19.3 Å². The van der Waals surface area contributed by atoms with Crippen LogP contribution in [0, 0.1) is 6.92 Å². The molecule has 1 aliphatic carbocycles. The third-order valence-electron chi connectivity index (χ3n) is 5.92. The Balaban J connectivity index is 2.10. The van der Waals surface area contributed by atoms with Gasteiger partial charge in [0.2, 0.25) is 0 Å². The monoisotopic (exact) mass is 391 g/mol. The summed E-state index contributed by atoms with van der Waals surface area (Å²) in [6, 6.07) is 6.24. The molecule has 0 saturated heterocycles. The summed E-state index contributed by atoms with van der Waals surface area (Å²) < 4.78 is 2.02. The van der Waals surface area contributed by atoms with E-state index in [0.29, 0.717) is 5.82 Å². The van der Waals surface area contributed by atoms with E-state index in [1.54, 1.807) is 6.08 Å². The van der Waals surface area contributed by atoms with Crippen molar-refractivity contribution in [3.63, 3.8) is 0 Å². The molecule has 4 nitrogen and oxygen atoms in total. The van der Waals surface area contributed by atoms with Crippen LogP contribution < -0.4 is 10.9 Å². The first-order chi connectivity index (χ1) is 14.1. The molecule has 1 fully saturated rings. The Morgan fingerprint density at radius 3 is 2.72 bits per heavy atom. The summed E-state index contributed by atoms with van der Waals surface area (Å²) in [4.78, 5) is 18.0. The highest BCUT2D eigenvalue weighted by Gasteiger charge is 2.21. The van der Waals surface area contributed by atoms with Crippen molar-refractivity contribution in [1.29, 1.82) is 0 Å². The van der Waals surface area contributed by atoms with E-state index in [1.807, 2.05) is 35.9 Å². The second kappa shape index (κ2) is 9.73. The summed E-state index contributed by atoms with van der Waals surface area (Å²) in [5.41, 5.74) is 3.05. The molecule has 0 radical (unpaired) electrons. The molecule has 1 heterocycles. The number of nitrogens with zero attached hydrogens (tertiary/aromatic N) is 2. The number of benzene rings is 1. The van der Waals surface area contributed by atoms with Crippen LogP contribution in [0.1, 0.15) is 74.7 Å². The number of unbranched alkanes of at least 4 members (excludes halogenated alkanes) is 1. The molecule has 1 aromatic heterocycles. The standard InChI is InChI=1S/C25H33N3O/c1-5-7-15-26-19(4)27-17-24-18(3)28(21-11-9-8-10-12-21)25(29)23-16-20(6-2)13-14-22(23)24/h6,13-14,16-17,21,26H,2,4-5,7-12,15H2,1,3H3/b27-17-. The molecule has 0 aliphatic heterocycles. The predicted molar refractivity (Wildman–Crippen MR) is 125 cm³/mol. The molecule has 0 bridgehead atoms. The molecule has 29 heavy (non-hydrogen) atoms. The highest BCUT2D eigenvalue weighted by atomic mass is 16.1. The van der Waals surface area contributed by atoms with Crippen molar-refractivity contribution < 1.29 is 0 Å². The van der Waals surface area contributed by atoms with Crippen molar-refractivity contribution in [3.8, 4) is 0 Å². The lowest BCUT2D eigenvalue weighted by atomic mass is 9.93. The van der Waals surface area contributed by atoms with Gasteiger partial charge in [-0.2, -0.15) is 0 Å². The number of aromatic nitrogens is 1. The maximum Gasteiger partial charge on any atom is 0.258 e. The predicted octanol–water partition coefficient (Wildman–Crippen LogP) is 5.74. The number of hydrogen-bond donors (Lipinski definition) is 1. The highest BCUT2D eigenvalue weighted by Crippen LogP contribution is 2.30. The van der Waals surface area contributed by atoms with Gasteiger partial charge >= 0.3 is 0 Å². The van der Waals surface area contributed by atoms with Crippen LogP contribution in [0.15, 0.2) is 47.0 Å². The van der Waals surface area contributed by atoms with Gasteiger partial charge in [-0.05, 0) is 43.2 Å². The Hall–Kier alpha value is -2.62. The summed E-state index contributed by atoms with van der Waals surface area (Å²) in [6.45, 7) is 13.0. The minimum atomic E-state index is 0.102. The lowest BCUT2D eigenvalue weighted by molar-refractivity contribution is 0.343. The van der Waals surface area contributed by atoms with Crippen LogP contribution >= 0.6 is 0 Å². The van der Waals surface area contributed by atoms with E-state index >= 15 is 0 Å². The van der Waals surface area contributed by atoms with Crippen LogP contribution in [-0.4, -0.2) is 17.3 Å². The van der Waals surface area contributed by atoms with E-state index in [2.05, 4.69) is 30.4 Å². The topological polar surface area (TPSA) is 46.4 Å². The third-order valence-corrected chi connectivity index (χ3v) is 5.92. The Labute approximate surface area is 174 Å². The van der Waals surface area contributed by atoms with Crippen LogP contribution in [0.5, 0.6) is 0 Å². The largest absolute Gasteiger partial charge is 0.371 e. The van der Waals surface area contributed by atoms with Crippen molar-refractivity contribution in [2.75, 3.05) is 6.54 Å². The lowest BCUT2D eigenvalue weighted by Crippen LogP contribution is -2.29. The van der Waals surface area contributed by atoms with E-state index < -0.39 is 0 Å². The van der Waals surface area contributed by atoms with Crippen molar-refractivity contribution in [3.05, 3.63) is 64.4 Å². The van der Waals surface area contributed by atoms with Crippen LogP contribution in [0.25, 0.3) is 16.8 Å². The summed E-state index contributed by atoms with van der Waals surface area (Å²) in [6.07, 6.45) is 11.6. The molecule has 1 aromatic carbocycles. The van der Waals surface area contributed by atoms with Crippen LogP contribution in [0.3, 0.4) is 0 Å². The average Bonchev–Trinajstić information content (AvgIpc) is 2.74. The van der Waals surface area contributed by atoms with E-state index in [-0.39, 0.29) is 11.6 Å². The minimum Gasteiger partial charge on any atom is -0.371 e. The fourth-order valence-electron chi connectivity index (χ4n) is 4.25. The van der Waals surface area contributed by atoms with E-state index in [9.17, 15) is 4.79 Å². The van der Waals surface area contributed by atoms with Crippen molar-refractivity contribution in [2.45, 2.75) is 64.8 Å². The molecule has 1 saturated carbocycles. The van der Waals surface area contributed by atoms with Gasteiger partial charge in [-0.15, -0.1) is 0 Å². The first-order valence-corrected chi connectivity index (χ1v) is 10.8. The number of aliphatic imine (C=N–C) groups is 1. The van der Waals surface area contributed by atoms with Crippen molar-refractivity contribution >= 4 is 23.1 Å².